The van der Waals surface area contributed by atoms with E-state index < -0.39 is 0 Å². The molecule has 2 rings (SSSR count). The normalized spacial score (nSPS) is 21.0. The molecular formula is C17H27BrN2O. The van der Waals surface area contributed by atoms with Gasteiger partial charge in [-0.25, -0.2) is 0 Å². The molecule has 0 spiro atoms. The number of rotatable bonds is 4. The molecule has 0 amide bonds. The smallest absolute Gasteiger partial charge is 0.119 e. The lowest BCUT2D eigenvalue weighted by atomic mass is 9.86. The first-order chi connectivity index (χ1) is 9.95. The standard InChI is InChI=1S/C17H27BrN2O/c1-17(2,3)16-13-20(10-4-9-19-16)11-12-21-15-7-5-14(18)6-8-15/h5-8,16,19H,4,9-13H2,1-3H3. The van der Waals surface area contributed by atoms with Crippen molar-refractivity contribution in [3.63, 3.8) is 0 Å². The number of benzene rings is 1. The van der Waals surface area contributed by atoms with Crippen LogP contribution in [0, 0.1) is 5.41 Å². The molecule has 1 saturated heterocycles. The molecule has 21 heavy (non-hydrogen) atoms. The molecule has 1 aromatic rings. The second-order valence-corrected chi connectivity index (χ2v) is 7.74. The fourth-order valence-corrected chi connectivity index (χ4v) is 2.86. The molecule has 3 nitrogen and oxygen atoms in total. The van der Waals surface area contributed by atoms with Gasteiger partial charge in [-0.3, -0.25) is 4.90 Å². The Balaban J connectivity index is 1.80. The molecule has 4 heteroatoms. The van der Waals surface area contributed by atoms with E-state index in [2.05, 4.69) is 46.9 Å². The van der Waals surface area contributed by atoms with Crippen molar-refractivity contribution < 1.29 is 4.74 Å². The Hall–Kier alpha value is -0.580. The molecule has 1 N–H and O–H groups in total. The van der Waals surface area contributed by atoms with Crippen molar-refractivity contribution in [2.24, 2.45) is 5.41 Å². The van der Waals surface area contributed by atoms with Crippen molar-refractivity contribution >= 4 is 15.9 Å². The highest BCUT2D eigenvalue weighted by atomic mass is 79.9. The molecule has 1 unspecified atom stereocenters. The molecule has 0 radical (unpaired) electrons. The molecule has 1 atom stereocenters. The van der Waals surface area contributed by atoms with Crippen molar-refractivity contribution in [3.8, 4) is 5.75 Å². The Labute approximate surface area is 137 Å². The van der Waals surface area contributed by atoms with Crippen molar-refractivity contribution in [1.82, 2.24) is 10.2 Å². The summed E-state index contributed by atoms with van der Waals surface area (Å²) in [7, 11) is 0. The largest absolute Gasteiger partial charge is 0.492 e. The summed E-state index contributed by atoms with van der Waals surface area (Å²) in [5, 5.41) is 3.68. The van der Waals surface area contributed by atoms with E-state index in [0.717, 1.165) is 43.0 Å². The average Bonchev–Trinajstić information content (AvgIpc) is 2.66. The Morgan fingerprint density at radius 1 is 1.29 bits per heavy atom. The molecule has 0 bridgehead atoms. The third-order valence-electron chi connectivity index (χ3n) is 4.02. The van der Waals surface area contributed by atoms with Gasteiger partial charge in [0.15, 0.2) is 0 Å². The molecule has 0 aliphatic carbocycles. The Morgan fingerprint density at radius 3 is 2.67 bits per heavy atom. The number of hydrogen-bond acceptors (Lipinski definition) is 3. The Bertz CT molecular complexity index is 427. The highest BCUT2D eigenvalue weighted by molar-refractivity contribution is 9.10. The van der Waals surface area contributed by atoms with E-state index in [4.69, 9.17) is 4.74 Å². The van der Waals surface area contributed by atoms with E-state index in [0.29, 0.717) is 11.5 Å². The molecule has 1 aliphatic rings. The number of nitrogens with zero attached hydrogens (tertiary/aromatic N) is 1. The average molecular weight is 355 g/mol. The van der Waals surface area contributed by atoms with Crippen LogP contribution in [0.2, 0.25) is 0 Å². The van der Waals surface area contributed by atoms with Crippen LogP contribution in [-0.4, -0.2) is 43.7 Å². The summed E-state index contributed by atoms with van der Waals surface area (Å²) in [6.45, 7) is 12.1. The van der Waals surface area contributed by atoms with Gasteiger partial charge in [-0.15, -0.1) is 0 Å². The summed E-state index contributed by atoms with van der Waals surface area (Å²) in [5.74, 6) is 0.943. The first-order valence-electron chi connectivity index (χ1n) is 7.79. The second kappa shape index (κ2) is 7.61. The number of hydrogen-bond donors (Lipinski definition) is 1. The van der Waals surface area contributed by atoms with Gasteiger partial charge >= 0.3 is 0 Å². The molecule has 0 saturated carbocycles. The van der Waals surface area contributed by atoms with Crippen LogP contribution in [0.15, 0.2) is 28.7 Å². The minimum Gasteiger partial charge on any atom is -0.492 e. The van der Waals surface area contributed by atoms with Crippen LogP contribution in [0.3, 0.4) is 0 Å². The molecule has 1 aliphatic heterocycles. The van der Waals surface area contributed by atoms with E-state index in [9.17, 15) is 0 Å². The predicted octanol–water partition coefficient (Wildman–Crippen LogP) is 3.54. The van der Waals surface area contributed by atoms with E-state index in [1.165, 1.54) is 6.42 Å². The van der Waals surface area contributed by atoms with Crippen LogP contribution in [-0.2, 0) is 0 Å². The van der Waals surface area contributed by atoms with Gasteiger partial charge in [0.1, 0.15) is 12.4 Å². The number of nitrogens with one attached hydrogen (secondary N) is 1. The summed E-state index contributed by atoms with van der Waals surface area (Å²) >= 11 is 3.44. The minimum atomic E-state index is 0.301. The maximum atomic E-state index is 5.84. The second-order valence-electron chi connectivity index (χ2n) is 6.83. The quantitative estimate of drug-likeness (QED) is 0.894. The third-order valence-corrected chi connectivity index (χ3v) is 4.55. The number of ether oxygens (including phenoxy) is 1. The summed E-state index contributed by atoms with van der Waals surface area (Å²) < 4.78 is 6.93. The fraction of sp³-hybridized carbons (Fsp3) is 0.647. The third kappa shape index (κ3) is 5.61. The predicted molar refractivity (Wildman–Crippen MR) is 91.9 cm³/mol. The maximum absolute atomic E-state index is 5.84. The van der Waals surface area contributed by atoms with Gasteiger partial charge in [-0.05, 0) is 49.2 Å². The lowest BCUT2D eigenvalue weighted by Gasteiger charge is -2.33. The maximum Gasteiger partial charge on any atom is 0.119 e. The summed E-state index contributed by atoms with van der Waals surface area (Å²) in [4.78, 5) is 2.52. The van der Waals surface area contributed by atoms with E-state index in [1.54, 1.807) is 0 Å². The molecular weight excluding hydrogens is 328 g/mol. The van der Waals surface area contributed by atoms with Gasteiger partial charge in [-0.2, -0.15) is 0 Å². The van der Waals surface area contributed by atoms with Crippen molar-refractivity contribution in [2.75, 3.05) is 32.8 Å². The van der Waals surface area contributed by atoms with Crippen LogP contribution < -0.4 is 10.1 Å². The fourth-order valence-electron chi connectivity index (χ4n) is 2.60. The first kappa shape index (κ1) is 16.8. The minimum absolute atomic E-state index is 0.301. The number of halogens is 1. The Morgan fingerprint density at radius 2 is 2.00 bits per heavy atom. The molecule has 1 fully saturated rings. The van der Waals surface area contributed by atoms with Gasteiger partial charge in [0, 0.05) is 23.6 Å². The van der Waals surface area contributed by atoms with E-state index in [-0.39, 0.29) is 0 Å². The van der Waals surface area contributed by atoms with Crippen LogP contribution in [0.4, 0.5) is 0 Å². The Kier molecular flexibility index (Phi) is 6.08. The van der Waals surface area contributed by atoms with Crippen LogP contribution in [0.25, 0.3) is 0 Å². The highest BCUT2D eigenvalue weighted by Crippen LogP contribution is 2.21. The zero-order chi connectivity index (χ0) is 15.3. The first-order valence-corrected chi connectivity index (χ1v) is 8.58. The van der Waals surface area contributed by atoms with Gasteiger partial charge in [0.2, 0.25) is 0 Å². The van der Waals surface area contributed by atoms with Gasteiger partial charge in [-0.1, -0.05) is 36.7 Å². The summed E-state index contributed by atoms with van der Waals surface area (Å²) in [6, 6.07) is 8.59. The van der Waals surface area contributed by atoms with Gasteiger partial charge in [0.25, 0.3) is 0 Å². The summed E-state index contributed by atoms with van der Waals surface area (Å²) in [6.07, 6.45) is 1.21. The highest BCUT2D eigenvalue weighted by Gasteiger charge is 2.27. The lowest BCUT2D eigenvalue weighted by Crippen LogP contribution is -2.46. The monoisotopic (exact) mass is 354 g/mol. The van der Waals surface area contributed by atoms with E-state index >= 15 is 0 Å². The van der Waals surface area contributed by atoms with Crippen molar-refractivity contribution in [3.05, 3.63) is 28.7 Å². The molecule has 1 heterocycles. The molecule has 1 aromatic carbocycles. The van der Waals surface area contributed by atoms with E-state index in [1.807, 2.05) is 24.3 Å². The van der Waals surface area contributed by atoms with Gasteiger partial charge in [0.05, 0.1) is 0 Å². The van der Waals surface area contributed by atoms with Crippen LogP contribution >= 0.6 is 15.9 Å². The SMILES string of the molecule is CC(C)(C)C1CN(CCOc2ccc(Br)cc2)CCCN1. The zero-order valence-corrected chi connectivity index (χ0v) is 14.9. The molecule has 0 aromatic heterocycles. The summed E-state index contributed by atoms with van der Waals surface area (Å²) in [5.41, 5.74) is 0.301. The van der Waals surface area contributed by atoms with Crippen molar-refractivity contribution in [2.45, 2.75) is 33.2 Å². The molecule has 118 valence electrons. The lowest BCUT2D eigenvalue weighted by molar-refractivity contribution is 0.171. The van der Waals surface area contributed by atoms with Crippen LogP contribution in [0.1, 0.15) is 27.2 Å². The van der Waals surface area contributed by atoms with Gasteiger partial charge < -0.3 is 10.1 Å². The topological polar surface area (TPSA) is 24.5 Å². The van der Waals surface area contributed by atoms with Crippen LogP contribution in [0.5, 0.6) is 5.75 Å². The van der Waals surface area contributed by atoms with Crippen molar-refractivity contribution in [1.29, 1.82) is 0 Å². The zero-order valence-electron chi connectivity index (χ0n) is 13.4.